The van der Waals surface area contributed by atoms with Crippen molar-refractivity contribution in [2.24, 2.45) is 0 Å². The van der Waals surface area contributed by atoms with Gasteiger partial charge in [-0.05, 0) is 43.3 Å². The van der Waals surface area contributed by atoms with E-state index in [9.17, 15) is 14.0 Å². The van der Waals surface area contributed by atoms with E-state index in [1.54, 1.807) is 30.0 Å². The fourth-order valence-corrected chi connectivity index (χ4v) is 3.05. The highest BCUT2D eigenvalue weighted by Crippen LogP contribution is 2.28. The number of halogens is 2. The van der Waals surface area contributed by atoms with Crippen molar-refractivity contribution in [2.75, 3.05) is 18.0 Å². The van der Waals surface area contributed by atoms with E-state index >= 15 is 0 Å². The highest BCUT2D eigenvalue weighted by Gasteiger charge is 2.35. The lowest BCUT2D eigenvalue weighted by Gasteiger charge is -2.39. The normalized spacial score (nSPS) is 18.0. The minimum absolute atomic E-state index is 0.190. The molecule has 0 aliphatic carbocycles. The molecule has 2 aromatic rings. The predicted molar refractivity (Wildman–Crippen MR) is 90.7 cm³/mol. The number of carbonyl (C=O) groups excluding carboxylic acids is 2. The monoisotopic (exact) mass is 346 g/mol. The quantitative estimate of drug-likeness (QED) is 0.836. The third-order valence-electron chi connectivity index (χ3n) is 4.15. The number of hydrogen-bond acceptors (Lipinski definition) is 2. The molecule has 0 N–H and O–H groups in total. The zero-order valence-electron chi connectivity index (χ0n) is 13.1. The van der Waals surface area contributed by atoms with E-state index in [-0.39, 0.29) is 11.8 Å². The van der Waals surface area contributed by atoms with Gasteiger partial charge in [-0.15, -0.1) is 0 Å². The van der Waals surface area contributed by atoms with Gasteiger partial charge < -0.3 is 9.80 Å². The second-order valence-electron chi connectivity index (χ2n) is 5.62. The molecule has 0 bridgehead atoms. The number of hydrogen-bond donors (Lipinski definition) is 0. The van der Waals surface area contributed by atoms with E-state index in [1.165, 1.54) is 29.2 Å². The third-order valence-corrected chi connectivity index (χ3v) is 4.47. The Morgan fingerprint density at radius 2 is 1.79 bits per heavy atom. The van der Waals surface area contributed by atoms with Gasteiger partial charge in [0.15, 0.2) is 0 Å². The Balaban J connectivity index is 1.81. The van der Waals surface area contributed by atoms with E-state index in [0.717, 1.165) is 0 Å². The number of piperazine rings is 1. The molecule has 4 nitrogen and oxygen atoms in total. The number of anilines is 1. The summed E-state index contributed by atoms with van der Waals surface area (Å²) >= 11 is 6.17. The molecule has 0 saturated carbocycles. The van der Waals surface area contributed by atoms with Gasteiger partial charge in [-0.1, -0.05) is 23.7 Å². The molecule has 24 heavy (non-hydrogen) atoms. The average Bonchev–Trinajstić information content (AvgIpc) is 2.58. The molecule has 6 heteroatoms. The van der Waals surface area contributed by atoms with Gasteiger partial charge in [0.05, 0.1) is 10.7 Å². The number of nitrogens with zero attached hydrogens (tertiary/aromatic N) is 2. The van der Waals surface area contributed by atoms with Crippen molar-refractivity contribution in [3.63, 3.8) is 0 Å². The zero-order valence-corrected chi connectivity index (χ0v) is 13.8. The van der Waals surface area contributed by atoms with Crippen LogP contribution in [0.4, 0.5) is 10.1 Å². The second kappa shape index (κ2) is 6.61. The molecular weight excluding hydrogens is 331 g/mol. The molecule has 2 aromatic carbocycles. The molecular formula is C18H16ClFN2O2. The largest absolute Gasteiger partial charge is 0.325 e. The molecule has 1 fully saturated rings. The van der Waals surface area contributed by atoms with Crippen LogP contribution in [-0.4, -0.2) is 35.8 Å². The molecule has 0 radical (unpaired) electrons. The van der Waals surface area contributed by atoms with Gasteiger partial charge in [-0.3, -0.25) is 9.59 Å². The van der Waals surface area contributed by atoms with Gasteiger partial charge in [0, 0.05) is 18.7 Å². The first-order valence-electron chi connectivity index (χ1n) is 7.61. The van der Waals surface area contributed by atoms with Crippen LogP contribution in [0, 0.1) is 5.82 Å². The number of benzene rings is 2. The van der Waals surface area contributed by atoms with Crippen molar-refractivity contribution < 1.29 is 14.0 Å². The van der Waals surface area contributed by atoms with Gasteiger partial charge in [0.2, 0.25) is 5.91 Å². The molecule has 1 saturated heterocycles. The minimum Gasteiger partial charge on any atom is -0.325 e. The molecule has 3 rings (SSSR count). The van der Waals surface area contributed by atoms with Crippen LogP contribution < -0.4 is 4.90 Å². The first-order chi connectivity index (χ1) is 11.5. The predicted octanol–water partition coefficient (Wildman–Crippen LogP) is 3.36. The average molecular weight is 347 g/mol. The highest BCUT2D eigenvalue weighted by atomic mass is 35.5. The molecule has 1 heterocycles. The second-order valence-corrected chi connectivity index (χ2v) is 6.03. The van der Waals surface area contributed by atoms with Crippen molar-refractivity contribution in [3.8, 4) is 0 Å². The maximum atomic E-state index is 13.0. The van der Waals surface area contributed by atoms with Crippen molar-refractivity contribution >= 4 is 29.1 Å². The van der Waals surface area contributed by atoms with Crippen molar-refractivity contribution in [1.29, 1.82) is 0 Å². The Bertz CT molecular complexity index is 779. The van der Waals surface area contributed by atoms with Gasteiger partial charge in [0.25, 0.3) is 5.91 Å². The number of para-hydroxylation sites is 1. The van der Waals surface area contributed by atoms with Crippen LogP contribution in [-0.2, 0) is 4.79 Å². The smallest absolute Gasteiger partial charge is 0.254 e. The maximum absolute atomic E-state index is 13.0. The van der Waals surface area contributed by atoms with E-state index in [2.05, 4.69) is 0 Å². The summed E-state index contributed by atoms with van der Waals surface area (Å²) in [6.45, 7) is 2.43. The van der Waals surface area contributed by atoms with E-state index in [0.29, 0.717) is 29.4 Å². The van der Waals surface area contributed by atoms with Crippen LogP contribution in [0.5, 0.6) is 0 Å². The molecule has 1 aliphatic rings. The minimum atomic E-state index is -0.618. The molecule has 0 spiro atoms. The lowest BCUT2D eigenvalue weighted by molar-refractivity contribution is -0.124. The van der Waals surface area contributed by atoms with Gasteiger partial charge >= 0.3 is 0 Å². The molecule has 0 aromatic heterocycles. The summed E-state index contributed by atoms with van der Waals surface area (Å²) in [7, 11) is 0. The lowest BCUT2D eigenvalue weighted by Crippen LogP contribution is -2.57. The van der Waals surface area contributed by atoms with Gasteiger partial charge in [-0.25, -0.2) is 4.39 Å². The molecule has 124 valence electrons. The summed E-state index contributed by atoms with van der Waals surface area (Å²) in [5.74, 6) is -0.876. The van der Waals surface area contributed by atoms with Crippen LogP contribution in [0.1, 0.15) is 17.3 Å². The fourth-order valence-electron chi connectivity index (χ4n) is 2.82. The van der Waals surface area contributed by atoms with Crippen LogP contribution in [0.2, 0.25) is 5.02 Å². The fraction of sp³-hybridized carbons (Fsp3) is 0.222. The van der Waals surface area contributed by atoms with E-state index in [1.807, 2.05) is 6.07 Å². The number of amides is 2. The van der Waals surface area contributed by atoms with E-state index in [4.69, 9.17) is 11.6 Å². The van der Waals surface area contributed by atoms with Crippen LogP contribution in [0.25, 0.3) is 0 Å². The zero-order chi connectivity index (χ0) is 17.3. The summed E-state index contributed by atoms with van der Waals surface area (Å²) in [4.78, 5) is 28.4. The number of carbonyl (C=O) groups is 2. The Morgan fingerprint density at radius 3 is 2.46 bits per heavy atom. The van der Waals surface area contributed by atoms with E-state index < -0.39 is 11.9 Å². The van der Waals surface area contributed by atoms with Crippen molar-refractivity contribution in [1.82, 2.24) is 4.90 Å². The van der Waals surface area contributed by atoms with Gasteiger partial charge in [0.1, 0.15) is 11.9 Å². The summed E-state index contributed by atoms with van der Waals surface area (Å²) in [5.41, 5.74) is 1.01. The SMILES string of the molecule is C[C@H]1C(=O)N(c2ccccc2Cl)CCN1C(=O)c1ccc(F)cc1. The standard InChI is InChI=1S/C18H16ClFN2O2/c1-12-17(23)22(16-5-3-2-4-15(16)19)11-10-21(12)18(24)13-6-8-14(20)9-7-13/h2-9,12H,10-11H2,1H3/t12-/m0/s1. The highest BCUT2D eigenvalue weighted by molar-refractivity contribution is 6.33. The Kier molecular flexibility index (Phi) is 4.53. The summed E-state index contributed by atoms with van der Waals surface area (Å²) in [5, 5.41) is 0.497. The third kappa shape index (κ3) is 2.99. The molecule has 1 aliphatic heterocycles. The van der Waals surface area contributed by atoms with Crippen LogP contribution in [0.15, 0.2) is 48.5 Å². The molecule has 2 amide bonds. The van der Waals surface area contributed by atoms with Gasteiger partial charge in [-0.2, -0.15) is 0 Å². The first-order valence-corrected chi connectivity index (χ1v) is 7.99. The molecule has 0 unspecified atom stereocenters. The molecule has 1 atom stereocenters. The summed E-state index contributed by atoms with van der Waals surface area (Å²) in [6.07, 6.45) is 0. The summed E-state index contributed by atoms with van der Waals surface area (Å²) in [6, 6.07) is 11.8. The lowest BCUT2D eigenvalue weighted by atomic mass is 10.1. The number of rotatable bonds is 2. The topological polar surface area (TPSA) is 40.6 Å². The Morgan fingerprint density at radius 1 is 1.12 bits per heavy atom. The first kappa shape index (κ1) is 16.5. The van der Waals surface area contributed by atoms with Crippen LogP contribution >= 0.6 is 11.6 Å². The Hall–Kier alpha value is -2.40. The van der Waals surface area contributed by atoms with Crippen LogP contribution in [0.3, 0.4) is 0 Å². The summed E-state index contributed by atoms with van der Waals surface area (Å²) < 4.78 is 13.0. The maximum Gasteiger partial charge on any atom is 0.254 e. The van der Waals surface area contributed by atoms with Crippen molar-refractivity contribution in [2.45, 2.75) is 13.0 Å². The Labute approximate surface area is 144 Å². The van der Waals surface area contributed by atoms with Crippen molar-refractivity contribution in [3.05, 3.63) is 64.9 Å².